The molecule has 0 saturated heterocycles. The number of hydrogen-bond acceptors (Lipinski definition) is 3. The maximum absolute atomic E-state index is 8.48. The zero-order chi connectivity index (χ0) is 37.5. The van der Waals surface area contributed by atoms with Crippen LogP contribution in [0, 0.1) is 0 Å². The smallest absolute Gasteiger partial charge is 0.854 e. The SMILES string of the molecule is [H+].[O-]P([O-])[O-].c1ccc([N+](c2ccccc2)(c2ccccc2)c2ccccc2)cc1.c1ccc([N+](c2ccccc2)(c2ccccc2)c2ccccc2)cc1. The number of rotatable bonds is 8. The Hall–Kier alpha value is -6.01. The zero-order valence-electron chi connectivity index (χ0n) is 30.7. The topological polar surface area (TPSA) is 69.2 Å². The van der Waals surface area contributed by atoms with Crippen molar-refractivity contribution in [2.24, 2.45) is 0 Å². The molecule has 0 aliphatic carbocycles. The van der Waals surface area contributed by atoms with Crippen LogP contribution >= 0.6 is 8.60 Å². The van der Waals surface area contributed by atoms with E-state index in [9.17, 15) is 0 Å². The summed E-state index contributed by atoms with van der Waals surface area (Å²) < 4.78 is 1.12. The van der Waals surface area contributed by atoms with E-state index in [1.807, 2.05) is 0 Å². The van der Waals surface area contributed by atoms with Crippen LogP contribution in [0.25, 0.3) is 0 Å². The van der Waals surface area contributed by atoms with Gasteiger partial charge in [-0.1, -0.05) is 146 Å². The number of benzene rings is 8. The minimum absolute atomic E-state index is 0. The summed E-state index contributed by atoms with van der Waals surface area (Å²) in [5, 5.41) is 0. The van der Waals surface area contributed by atoms with Crippen molar-refractivity contribution in [3.8, 4) is 0 Å². The molecule has 0 bridgehead atoms. The second-order valence-electron chi connectivity index (χ2n) is 12.2. The molecule has 0 N–H and O–H groups in total. The molecule has 0 aliphatic rings. The average Bonchev–Trinajstić information content (AvgIpc) is 3.25. The predicted octanol–water partition coefficient (Wildman–Crippen LogP) is 11.4. The highest BCUT2D eigenvalue weighted by molar-refractivity contribution is 7.33. The van der Waals surface area contributed by atoms with Gasteiger partial charge in [0.2, 0.25) is 0 Å². The van der Waals surface area contributed by atoms with Crippen molar-refractivity contribution in [3.63, 3.8) is 0 Å². The van der Waals surface area contributed by atoms with Gasteiger partial charge >= 0.3 is 1.43 Å². The van der Waals surface area contributed by atoms with Gasteiger partial charge in [0, 0.05) is 97.1 Å². The molecule has 5 nitrogen and oxygen atoms in total. The molecule has 0 amide bonds. The largest absolute Gasteiger partial charge is 1.00 e. The Morgan fingerprint density at radius 2 is 0.315 bits per heavy atom. The van der Waals surface area contributed by atoms with Gasteiger partial charge in [0.1, 0.15) is 45.5 Å². The summed E-state index contributed by atoms with van der Waals surface area (Å²) in [6, 6.07) is 85.5. The maximum atomic E-state index is 8.48. The lowest BCUT2D eigenvalue weighted by molar-refractivity contribution is -0.407. The molecule has 0 radical (unpaired) electrons. The third-order valence-electron chi connectivity index (χ3n) is 9.15. The Labute approximate surface area is 320 Å². The van der Waals surface area contributed by atoms with Gasteiger partial charge in [0.05, 0.1) is 0 Å². The highest BCUT2D eigenvalue weighted by Gasteiger charge is 2.40. The summed E-state index contributed by atoms with van der Waals surface area (Å²) in [4.78, 5) is 25.4. The lowest BCUT2D eigenvalue weighted by Gasteiger charge is -2.39. The van der Waals surface area contributed by atoms with Crippen LogP contribution in [0.3, 0.4) is 0 Å². The van der Waals surface area contributed by atoms with Crippen LogP contribution in [0.15, 0.2) is 243 Å². The first kappa shape index (κ1) is 37.7. The lowest BCUT2D eigenvalue weighted by atomic mass is 10.1. The monoisotopic (exact) mass is 724 g/mol. The van der Waals surface area contributed by atoms with Crippen LogP contribution in [0.2, 0.25) is 0 Å². The number of nitrogens with zero attached hydrogens (tertiary/aromatic N) is 2. The fourth-order valence-corrected chi connectivity index (χ4v) is 7.00. The van der Waals surface area contributed by atoms with Gasteiger partial charge in [0.25, 0.3) is 0 Å². The van der Waals surface area contributed by atoms with Crippen LogP contribution in [0.4, 0.5) is 45.5 Å². The molecule has 0 aliphatic heterocycles. The fraction of sp³-hybridized carbons (Fsp3) is 0. The van der Waals surface area contributed by atoms with Gasteiger partial charge < -0.3 is 23.3 Å². The Balaban J connectivity index is 0.000000189. The normalized spacial score (nSPS) is 11.0. The molecular formula is C48H41N2O3P. The third-order valence-corrected chi connectivity index (χ3v) is 9.15. The molecule has 0 unspecified atom stereocenters. The van der Waals surface area contributed by atoms with Gasteiger partial charge in [-0.05, 0) is 0 Å². The molecule has 0 heterocycles. The Kier molecular flexibility index (Phi) is 13.0. The first-order valence-corrected chi connectivity index (χ1v) is 18.7. The lowest BCUT2D eigenvalue weighted by Crippen LogP contribution is -2.33. The summed E-state index contributed by atoms with van der Waals surface area (Å²) in [6.45, 7) is 0. The number of quaternary nitrogens is 2. The highest BCUT2D eigenvalue weighted by atomic mass is 31.2. The summed E-state index contributed by atoms with van der Waals surface area (Å²) >= 11 is 0. The first-order valence-electron chi connectivity index (χ1n) is 17.6. The quantitative estimate of drug-likeness (QED) is 0.116. The van der Waals surface area contributed by atoms with E-state index >= 15 is 0 Å². The van der Waals surface area contributed by atoms with Crippen molar-refractivity contribution in [1.82, 2.24) is 8.97 Å². The molecular weight excluding hydrogens is 684 g/mol. The van der Waals surface area contributed by atoms with Crippen molar-refractivity contribution in [2.75, 3.05) is 0 Å². The predicted molar refractivity (Wildman–Crippen MR) is 221 cm³/mol. The minimum atomic E-state index is -3.37. The van der Waals surface area contributed by atoms with Crippen LogP contribution in [0.1, 0.15) is 1.43 Å². The Morgan fingerprint density at radius 3 is 0.407 bits per heavy atom. The molecule has 6 heteroatoms. The standard InChI is InChI=1S/2C24H20N.O3P/c2*1-5-13-21(14-6-1)25(22-15-7-2-8-16-22,23-17-9-3-10-18-23)24-19-11-4-12-20-24;1-4(2)3/h2*1-20H;/q2*+1;-3/p+1. The molecule has 0 saturated carbocycles. The number of hydrogen-bond donors (Lipinski definition) is 0. The maximum Gasteiger partial charge on any atom is 1.00 e. The summed E-state index contributed by atoms with van der Waals surface area (Å²) in [5.74, 6) is 0. The van der Waals surface area contributed by atoms with Crippen molar-refractivity contribution in [1.29, 1.82) is 0 Å². The summed E-state index contributed by atoms with van der Waals surface area (Å²) in [5.41, 5.74) is 9.71. The van der Waals surface area contributed by atoms with Gasteiger partial charge in [-0.2, -0.15) is 8.97 Å². The van der Waals surface area contributed by atoms with Crippen LogP contribution in [-0.4, -0.2) is 0 Å². The second kappa shape index (κ2) is 18.7. The van der Waals surface area contributed by atoms with E-state index in [1.54, 1.807) is 0 Å². The van der Waals surface area contributed by atoms with Crippen molar-refractivity contribution < 1.29 is 16.1 Å². The van der Waals surface area contributed by atoms with Crippen molar-refractivity contribution >= 4 is 54.1 Å². The number of para-hydroxylation sites is 8. The van der Waals surface area contributed by atoms with E-state index < -0.39 is 8.60 Å². The van der Waals surface area contributed by atoms with Gasteiger partial charge in [0.15, 0.2) is 0 Å². The molecule has 0 fully saturated rings. The molecule has 8 aromatic rings. The van der Waals surface area contributed by atoms with Crippen molar-refractivity contribution in [2.45, 2.75) is 0 Å². The van der Waals surface area contributed by atoms with Gasteiger partial charge in [-0.15, -0.1) is 0 Å². The Morgan fingerprint density at radius 1 is 0.222 bits per heavy atom. The average molecular weight is 725 g/mol. The van der Waals surface area contributed by atoms with Gasteiger partial charge in [-0.3, -0.25) is 0 Å². The molecule has 0 aromatic heterocycles. The fourth-order valence-electron chi connectivity index (χ4n) is 7.00. The molecule has 266 valence electrons. The molecule has 8 aromatic carbocycles. The summed E-state index contributed by atoms with van der Waals surface area (Å²) in [6.07, 6.45) is 0. The van der Waals surface area contributed by atoms with E-state index in [4.69, 9.17) is 14.7 Å². The second-order valence-corrected chi connectivity index (χ2v) is 12.7. The van der Waals surface area contributed by atoms with Crippen LogP contribution in [-0.2, 0) is 0 Å². The van der Waals surface area contributed by atoms with Gasteiger partial charge in [-0.25, -0.2) is 0 Å². The van der Waals surface area contributed by atoms with Crippen LogP contribution < -0.4 is 23.6 Å². The molecule has 0 spiro atoms. The zero-order valence-corrected chi connectivity index (χ0v) is 30.6. The summed E-state index contributed by atoms with van der Waals surface area (Å²) in [7, 11) is -3.37. The van der Waals surface area contributed by atoms with E-state index in [1.165, 1.54) is 45.5 Å². The Bertz CT molecular complexity index is 1750. The van der Waals surface area contributed by atoms with E-state index in [0.29, 0.717) is 8.97 Å². The highest BCUT2D eigenvalue weighted by Crippen LogP contribution is 2.52. The third kappa shape index (κ3) is 8.29. The van der Waals surface area contributed by atoms with Crippen molar-refractivity contribution in [3.05, 3.63) is 243 Å². The molecule has 8 rings (SSSR count). The molecule has 54 heavy (non-hydrogen) atoms. The first-order chi connectivity index (χ1) is 26.6. The van der Waals surface area contributed by atoms with E-state index in [2.05, 4.69) is 243 Å². The van der Waals surface area contributed by atoms with E-state index in [0.717, 1.165) is 0 Å². The van der Waals surface area contributed by atoms with E-state index in [-0.39, 0.29) is 1.43 Å². The molecule has 0 atom stereocenters. The minimum Gasteiger partial charge on any atom is -0.854 e. The van der Waals surface area contributed by atoms with Crippen LogP contribution in [0.5, 0.6) is 0 Å².